The largest absolute Gasteiger partial charge is 0.361 e. The van der Waals surface area contributed by atoms with Crippen LogP contribution in [0.3, 0.4) is 0 Å². The molecule has 2 aliphatic rings. The molecule has 0 spiro atoms. The van der Waals surface area contributed by atoms with Gasteiger partial charge in [-0.15, -0.1) is 0 Å². The molecule has 0 bridgehead atoms. The number of fused-ring (bicyclic) bond motifs is 2. The van der Waals surface area contributed by atoms with Gasteiger partial charge in [0.15, 0.2) is 0 Å². The molecule has 1 aliphatic carbocycles. The molecule has 4 aromatic carbocycles. The van der Waals surface area contributed by atoms with E-state index in [1.165, 1.54) is 27.8 Å². The minimum absolute atomic E-state index is 0.0413. The molecule has 34 heavy (non-hydrogen) atoms. The van der Waals surface area contributed by atoms with Crippen LogP contribution in [0.2, 0.25) is 10.0 Å². The second kappa shape index (κ2) is 8.57. The molecule has 0 aromatic heterocycles. The maximum atomic E-state index is 7.25. The van der Waals surface area contributed by atoms with Gasteiger partial charge < -0.3 is 4.74 Å². The van der Waals surface area contributed by atoms with Crippen molar-refractivity contribution in [2.75, 3.05) is 0 Å². The third-order valence-corrected chi connectivity index (χ3v) is 8.18. The average Bonchev–Trinajstić information content (AvgIpc) is 3.20. The smallest absolute Gasteiger partial charge is 0.119 e. The molecule has 4 aromatic rings. The van der Waals surface area contributed by atoms with Crippen molar-refractivity contribution in [3.63, 3.8) is 0 Å². The van der Waals surface area contributed by atoms with Crippen LogP contribution in [0.1, 0.15) is 34.2 Å². The number of benzene rings is 4. The summed E-state index contributed by atoms with van der Waals surface area (Å²) in [6, 6.07) is 36.1. The predicted octanol–water partition coefficient (Wildman–Crippen LogP) is 8.05. The van der Waals surface area contributed by atoms with E-state index < -0.39 is 5.60 Å². The van der Waals surface area contributed by atoms with E-state index in [0.717, 1.165) is 35.7 Å². The SMILES string of the molecule is Clc1ccc(C[C@@]23Cc4ccc(Cl)cc4C[C@@H]2OC(c2ccccc2)(c2ccccc2)C3)cc1. The molecule has 2 atom stereocenters. The summed E-state index contributed by atoms with van der Waals surface area (Å²) in [5, 5.41) is 1.56. The van der Waals surface area contributed by atoms with Crippen LogP contribution >= 0.6 is 23.2 Å². The fraction of sp³-hybridized carbons (Fsp3) is 0.226. The number of rotatable bonds is 4. The fourth-order valence-electron chi connectivity index (χ4n) is 6.16. The topological polar surface area (TPSA) is 9.23 Å². The van der Waals surface area contributed by atoms with Gasteiger partial charge in [-0.05, 0) is 77.8 Å². The standard InChI is InChI=1S/C31H26Cl2O/c32-27-14-11-22(12-15-27)19-30-20-23-13-16-28(33)17-24(23)18-29(30)34-31(21-30,25-7-3-1-4-8-25)26-9-5-2-6-10-26/h1-17,29H,18-21H2/t29-,30-/m0/s1. The number of hydrogen-bond donors (Lipinski definition) is 0. The van der Waals surface area contributed by atoms with E-state index in [9.17, 15) is 0 Å². The quantitative estimate of drug-likeness (QED) is 0.284. The summed E-state index contributed by atoms with van der Waals surface area (Å²) in [6.07, 6.45) is 3.77. The maximum absolute atomic E-state index is 7.25. The zero-order chi connectivity index (χ0) is 23.2. The summed E-state index contributed by atoms with van der Waals surface area (Å²) in [7, 11) is 0. The van der Waals surface area contributed by atoms with Gasteiger partial charge in [0, 0.05) is 15.5 Å². The van der Waals surface area contributed by atoms with Crippen LogP contribution < -0.4 is 0 Å². The first-order valence-corrected chi connectivity index (χ1v) is 12.6. The molecular formula is C31H26Cl2O. The van der Waals surface area contributed by atoms with Gasteiger partial charge in [-0.3, -0.25) is 0 Å². The minimum atomic E-state index is -0.495. The molecular weight excluding hydrogens is 459 g/mol. The van der Waals surface area contributed by atoms with E-state index in [4.69, 9.17) is 27.9 Å². The zero-order valence-electron chi connectivity index (χ0n) is 18.9. The van der Waals surface area contributed by atoms with Crippen molar-refractivity contribution >= 4 is 23.2 Å². The number of ether oxygens (including phenoxy) is 1. The Hall–Kier alpha value is -2.58. The molecule has 6 rings (SSSR count). The van der Waals surface area contributed by atoms with Crippen LogP contribution in [-0.2, 0) is 29.6 Å². The molecule has 0 N–H and O–H groups in total. The average molecular weight is 485 g/mol. The first-order chi connectivity index (χ1) is 16.6. The van der Waals surface area contributed by atoms with Gasteiger partial charge in [0.1, 0.15) is 5.60 Å². The molecule has 0 radical (unpaired) electrons. The van der Waals surface area contributed by atoms with E-state index in [1.807, 2.05) is 18.2 Å². The summed E-state index contributed by atoms with van der Waals surface area (Å²) in [5.41, 5.74) is 5.89. The van der Waals surface area contributed by atoms with Crippen molar-refractivity contribution in [1.29, 1.82) is 0 Å². The molecule has 0 saturated carbocycles. The predicted molar refractivity (Wildman–Crippen MR) is 140 cm³/mol. The number of hydrogen-bond acceptors (Lipinski definition) is 1. The normalized spacial score (nSPS) is 22.7. The number of halogens is 2. The summed E-state index contributed by atoms with van der Waals surface area (Å²) in [4.78, 5) is 0. The molecule has 170 valence electrons. The van der Waals surface area contributed by atoms with Crippen LogP contribution in [0.25, 0.3) is 0 Å². The first-order valence-electron chi connectivity index (χ1n) is 11.9. The van der Waals surface area contributed by atoms with Gasteiger partial charge in [0.2, 0.25) is 0 Å². The van der Waals surface area contributed by atoms with Gasteiger partial charge >= 0.3 is 0 Å². The van der Waals surface area contributed by atoms with Gasteiger partial charge in [-0.1, -0.05) is 102 Å². The molecule has 1 nitrogen and oxygen atoms in total. The molecule has 0 amide bonds. The lowest BCUT2D eigenvalue weighted by atomic mass is 9.63. The Morgan fingerprint density at radius 1 is 0.706 bits per heavy atom. The maximum Gasteiger partial charge on any atom is 0.119 e. The molecule has 0 unspecified atom stereocenters. The second-order valence-electron chi connectivity index (χ2n) is 9.80. The molecule has 1 heterocycles. The van der Waals surface area contributed by atoms with Gasteiger partial charge in [-0.25, -0.2) is 0 Å². The van der Waals surface area contributed by atoms with Crippen molar-refractivity contribution in [2.45, 2.75) is 37.4 Å². The lowest BCUT2D eigenvalue weighted by Gasteiger charge is -2.39. The van der Waals surface area contributed by atoms with Gasteiger partial charge in [-0.2, -0.15) is 0 Å². The van der Waals surface area contributed by atoms with Gasteiger partial charge in [0.05, 0.1) is 6.10 Å². The third kappa shape index (κ3) is 3.77. The molecule has 1 aliphatic heterocycles. The van der Waals surface area contributed by atoms with Crippen molar-refractivity contribution in [3.8, 4) is 0 Å². The van der Waals surface area contributed by atoms with E-state index >= 15 is 0 Å². The molecule has 3 heteroatoms. The minimum Gasteiger partial charge on any atom is -0.361 e. The Balaban J connectivity index is 1.51. The second-order valence-corrected chi connectivity index (χ2v) is 10.7. The highest BCUT2D eigenvalue weighted by Gasteiger charge is 2.58. The Kier molecular flexibility index (Phi) is 5.53. The fourth-order valence-corrected chi connectivity index (χ4v) is 6.48. The van der Waals surface area contributed by atoms with Crippen LogP contribution in [0.15, 0.2) is 103 Å². The zero-order valence-corrected chi connectivity index (χ0v) is 20.4. The highest BCUT2D eigenvalue weighted by atomic mass is 35.5. The van der Waals surface area contributed by atoms with E-state index in [2.05, 4.69) is 84.9 Å². The first kappa shape index (κ1) is 21.9. The van der Waals surface area contributed by atoms with Gasteiger partial charge in [0.25, 0.3) is 0 Å². The van der Waals surface area contributed by atoms with Crippen molar-refractivity contribution in [1.82, 2.24) is 0 Å². The van der Waals surface area contributed by atoms with Crippen LogP contribution in [-0.4, -0.2) is 6.10 Å². The summed E-state index contributed by atoms with van der Waals surface area (Å²) < 4.78 is 7.25. The van der Waals surface area contributed by atoms with Crippen molar-refractivity contribution < 1.29 is 4.74 Å². The Morgan fingerprint density at radius 2 is 1.32 bits per heavy atom. The van der Waals surface area contributed by atoms with E-state index in [1.54, 1.807) is 0 Å². The summed E-state index contributed by atoms with van der Waals surface area (Å²) in [5.74, 6) is 0. The van der Waals surface area contributed by atoms with Crippen LogP contribution in [0.4, 0.5) is 0 Å². The van der Waals surface area contributed by atoms with Crippen molar-refractivity contribution in [3.05, 3.63) is 141 Å². The Labute approximate surface area is 211 Å². The lowest BCUT2D eigenvalue weighted by molar-refractivity contribution is -0.0365. The summed E-state index contributed by atoms with van der Waals surface area (Å²) in [6.45, 7) is 0. The van der Waals surface area contributed by atoms with Crippen molar-refractivity contribution in [2.24, 2.45) is 5.41 Å². The van der Waals surface area contributed by atoms with E-state index in [0.29, 0.717) is 0 Å². The molecule has 1 saturated heterocycles. The monoisotopic (exact) mass is 484 g/mol. The van der Waals surface area contributed by atoms with Crippen LogP contribution in [0, 0.1) is 5.41 Å². The Morgan fingerprint density at radius 3 is 1.97 bits per heavy atom. The van der Waals surface area contributed by atoms with E-state index in [-0.39, 0.29) is 11.5 Å². The summed E-state index contributed by atoms with van der Waals surface area (Å²) >= 11 is 12.6. The van der Waals surface area contributed by atoms with Crippen LogP contribution in [0.5, 0.6) is 0 Å². The Bertz CT molecular complexity index is 1260. The lowest BCUT2D eigenvalue weighted by Crippen LogP contribution is -2.40. The third-order valence-electron chi connectivity index (χ3n) is 7.69. The molecule has 1 fully saturated rings. The highest BCUT2D eigenvalue weighted by Crippen LogP contribution is 2.58. The highest BCUT2D eigenvalue weighted by molar-refractivity contribution is 6.30.